The van der Waals surface area contributed by atoms with Crippen molar-refractivity contribution in [1.82, 2.24) is 0 Å². The van der Waals surface area contributed by atoms with Gasteiger partial charge >= 0.3 is 0 Å². The Morgan fingerprint density at radius 3 is 2.75 bits per heavy atom. The number of benzene rings is 2. The number of hydrogen-bond acceptors (Lipinski definition) is 2. The summed E-state index contributed by atoms with van der Waals surface area (Å²) in [7, 11) is 0. The van der Waals surface area contributed by atoms with Crippen LogP contribution in [0.2, 0.25) is 0 Å². The van der Waals surface area contributed by atoms with Gasteiger partial charge in [0.2, 0.25) is 0 Å². The van der Waals surface area contributed by atoms with Crippen molar-refractivity contribution in [2.75, 3.05) is 11.4 Å². The SMILES string of the molecule is CC(O)c1cccc(F)c1N1CCc2ccc(F)cc21. The van der Waals surface area contributed by atoms with Gasteiger partial charge in [-0.2, -0.15) is 0 Å². The molecule has 0 aliphatic carbocycles. The third-order valence-electron chi connectivity index (χ3n) is 3.68. The minimum absolute atomic E-state index is 0.340. The highest BCUT2D eigenvalue weighted by atomic mass is 19.1. The van der Waals surface area contributed by atoms with Crippen molar-refractivity contribution in [3.05, 3.63) is 59.2 Å². The van der Waals surface area contributed by atoms with Crippen LogP contribution in [-0.2, 0) is 6.42 Å². The molecule has 1 unspecified atom stereocenters. The smallest absolute Gasteiger partial charge is 0.147 e. The quantitative estimate of drug-likeness (QED) is 0.903. The topological polar surface area (TPSA) is 23.5 Å². The number of halogens is 2. The van der Waals surface area contributed by atoms with E-state index in [0.29, 0.717) is 23.5 Å². The Morgan fingerprint density at radius 2 is 2.00 bits per heavy atom. The summed E-state index contributed by atoms with van der Waals surface area (Å²) in [6.45, 7) is 2.18. The van der Waals surface area contributed by atoms with E-state index in [4.69, 9.17) is 0 Å². The standard InChI is InChI=1S/C16H15F2NO/c1-10(20)13-3-2-4-14(18)16(13)19-8-7-11-5-6-12(17)9-15(11)19/h2-6,9-10,20H,7-8H2,1H3. The highest BCUT2D eigenvalue weighted by Gasteiger charge is 2.26. The van der Waals surface area contributed by atoms with E-state index < -0.39 is 11.9 Å². The van der Waals surface area contributed by atoms with Crippen molar-refractivity contribution < 1.29 is 13.9 Å². The summed E-state index contributed by atoms with van der Waals surface area (Å²) >= 11 is 0. The second-order valence-corrected chi connectivity index (χ2v) is 5.03. The van der Waals surface area contributed by atoms with Crippen molar-refractivity contribution in [3.63, 3.8) is 0 Å². The maximum absolute atomic E-state index is 14.2. The van der Waals surface area contributed by atoms with Gasteiger partial charge in [-0.1, -0.05) is 18.2 Å². The van der Waals surface area contributed by atoms with Gasteiger partial charge in [0.25, 0.3) is 0 Å². The molecule has 2 aromatic rings. The third kappa shape index (κ3) is 2.06. The molecule has 1 heterocycles. The molecule has 2 nitrogen and oxygen atoms in total. The van der Waals surface area contributed by atoms with Crippen LogP contribution < -0.4 is 4.90 Å². The number of anilines is 2. The molecule has 0 fully saturated rings. The fourth-order valence-corrected chi connectivity index (χ4v) is 2.74. The average molecular weight is 275 g/mol. The Hall–Kier alpha value is -1.94. The number of aliphatic hydroxyl groups excluding tert-OH is 1. The summed E-state index contributed by atoms with van der Waals surface area (Å²) in [6, 6.07) is 9.19. The molecule has 4 heteroatoms. The monoisotopic (exact) mass is 275 g/mol. The van der Waals surface area contributed by atoms with E-state index in [9.17, 15) is 13.9 Å². The van der Waals surface area contributed by atoms with E-state index in [2.05, 4.69) is 0 Å². The molecule has 1 aliphatic heterocycles. The molecular formula is C16H15F2NO. The third-order valence-corrected chi connectivity index (χ3v) is 3.68. The zero-order valence-electron chi connectivity index (χ0n) is 11.1. The fraction of sp³-hybridized carbons (Fsp3) is 0.250. The molecule has 0 radical (unpaired) electrons. The molecule has 0 spiro atoms. The predicted octanol–water partition coefficient (Wildman–Crippen LogP) is 3.71. The summed E-state index contributed by atoms with van der Waals surface area (Å²) in [5.41, 5.74) is 2.53. The number of para-hydroxylation sites is 1. The molecule has 3 rings (SSSR count). The molecule has 1 atom stereocenters. The number of aliphatic hydroxyl groups is 1. The Kier molecular flexibility index (Phi) is 3.18. The zero-order valence-corrected chi connectivity index (χ0v) is 11.1. The first kappa shape index (κ1) is 13.1. The number of hydrogen-bond donors (Lipinski definition) is 1. The van der Waals surface area contributed by atoms with Crippen LogP contribution in [0.1, 0.15) is 24.2 Å². The lowest BCUT2D eigenvalue weighted by Crippen LogP contribution is -2.17. The normalized spacial score (nSPS) is 15.3. The highest BCUT2D eigenvalue weighted by molar-refractivity contribution is 5.72. The van der Waals surface area contributed by atoms with Gasteiger partial charge in [-0.05, 0) is 37.1 Å². The first-order valence-electron chi connectivity index (χ1n) is 6.60. The van der Waals surface area contributed by atoms with Crippen molar-refractivity contribution in [2.45, 2.75) is 19.4 Å². The van der Waals surface area contributed by atoms with Crippen LogP contribution in [0.5, 0.6) is 0 Å². The zero-order chi connectivity index (χ0) is 14.3. The van der Waals surface area contributed by atoms with Gasteiger partial charge in [0.1, 0.15) is 11.6 Å². The van der Waals surface area contributed by atoms with Crippen LogP contribution in [0.15, 0.2) is 36.4 Å². The summed E-state index contributed by atoms with van der Waals surface area (Å²) < 4.78 is 27.7. The summed E-state index contributed by atoms with van der Waals surface area (Å²) in [5, 5.41) is 9.82. The number of fused-ring (bicyclic) bond motifs is 1. The van der Waals surface area contributed by atoms with Gasteiger partial charge < -0.3 is 10.0 Å². The first-order chi connectivity index (χ1) is 9.58. The molecule has 1 N–H and O–H groups in total. The first-order valence-corrected chi connectivity index (χ1v) is 6.60. The van der Waals surface area contributed by atoms with E-state index >= 15 is 0 Å². The van der Waals surface area contributed by atoms with Crippen LogP contribution >= 0.6 is 0 Å². The van der Waals surface area contributed by atoms with Crippen LogP contribution in [0.4, 0.5) is 20.2 Å². The van der Waals surface area contributed by atoms with E-state index in [1.807, 2.05) is 0 Å². The molecule has 20 heavy (non-hydrogen) atoms. The molecule has 0 amide bonds. The molecule has 0 aromatic heterocycles. The van der Waals surface area contributed by atoms with Gasteiger partial charge in [-0.15, -0.1) is 0 Å². The van der Waals surface area contributed by atoms with Crippen molar-refractivity contribution in [3.8, 4) is 0 Å². The van der Waals surface area contributed by atoms with Gasteiger partial charge in [0.15, 0.2) is 0 Å². The fourth-order valence-electron chi connectivity index (χ4n) is 2.74. The second kappa shape index (κ2) is 4.87. The van der Waals surface area contributed by atoms with E-state index in [0.717, 1.165) is 12.0 Å². The van der Waals surface area contributed by atoms with Crippen LogP contribution in [0.3, 0.4) is 0 Å². The summed E-state index contributed by atoms with van der Waals surface area (Å²) in [4.78, 5) is 1.75. The maximum Gasteiger partial charge on any atom is 0.147 e. The maximum atomic E-state index is 14.2. The molecule has 2 aromatic carbocycles. The Morgan fingerprint density at radius 1 is 1.20 bits per heavy atom. The lowest BCUT2D eigenvalue weighted by atomic mass is 10.1. The Bertz CT molecular complexity index is 655. The predicted molar refractivity (Wildman–Crippen MR) is 74.1 cm³/mol. The van der Waals surface area contributed by atoms with E-state index in [1.165, 1.54) is 18.2 Å². The van der Waals surface area contributed by atoms with E-state index in [1.54, 1.807) is 30.0 Å². The van der Waals surface area contributed by atoms with E-state index in [-0.39, 0.29) is 5.82 Å². The van der Waals surface area contributed by atoms with Gasteiger partial charge in [-0.3, -0.25) is 0 Å². The summed E-state index contributed by atoms with van der Waals surface area (Å²) in [6.07, 6.45) is -0.0401. The lowest BCUT2D eigenvalue weighted by molar-refractivity contribution is 0.199. The van der Waals surface area contributed by atoms with Gasteiger partial charge in [-0.25, -0.2) is 8.78 Å². The summed E-state index contributed by atoms with van der Waals surface area (Å²) in [5.74, 6) is -0.744. The van der Waals surface area contributed by atoms with Crippen molar-refractivity contribution >= 4 is 11.4 Å². The number of rotatable bonds is 2. The minimum atomic E-state index is -0.779. The van der Waals surface area contributed by atoms with Crippen molar-refractivity contribution in [1.29, 1.82) is 0 Å². The molecule has 0 saturated heterocycles. The lowest BCUT2D eigenvalue weighted by Gasteiger charge is -2.24. The highest BCUT2D eigenvalue weighted by Crippen LogP contribution is 2.39. The van der Waals surface area contributed by atoms with Crippen LogP contribution in [0.25, 0.3) is 0 Å². The second-order valence-electron chi connectivity index (χ2n) is 5.03. The average Bonchev–Trinajstić information content (AvgIpc) is 2.81. The van der Waals surface area contributed by atoms with Crippen molar-refractivity contribution in [2.24, 2.45) is 0 Å². The molecule has 104 valence electrons. The van der Waals surface area contributed by atoms with Gasteiger partial charge in [0.05, 0.1) is 11.8 Å². The minimum Gasteiger partial charge on any atom is -0.389 e. The van der Waals surface area contributed by atoms with Crippen LogP contribution in [0, 0.1) is 11.6 Å². The Balaban J connectivity index is 2.15. The molecule has 0 saturated carbocycles. The van der Waals surface area contributed by atoms with Gasteiger partial charge in [0, 0.05) is 17.8 Å². The molecular weight excluding hydrogens is 260 g/mol. The van der Waals surface area contributed by atoms with Crippen LogP contribution in [-0.4, -0.2) is 11.7 Å². The molecule has 0 bridgehead atoms. The Labute approximate surface area is 116 Å². The number of nitrogens with zero attached hydrogens (tertiary/aromatic N) is 1. The largest absolute Gasteiger partial charge is 0.389 e. The molecule has 1 aliphatic rings.